The van der Waals surface area contributed by atoms with E-state index in [0.29, 0.717) is 23.8 Å². The molecule has 0 bridgehead atoms. The van der Waals surface area contributed by atoms with Crippen LogP contribution in [0.4, 0.5) is 5.82 Å². The number of carbonyl (C=O) groups is 1. The highest BCUT2D eigenvalue weighted by Gasteiger charge is 2.23. The predicted molar refractivity (Wildman–Crippen MR) is 119 cm³/mol. The van der Waals surface area contributed by atoms with Crippen molar-refractivity contribution in [3.63, 3.8) is 0 Å². The summed E-state index contributed by atoms with van der Waals surface area (Å²) in [5, 5.41) is 12.8. The summed E-state index contributed by atoms with van der Waals surface area (Å²) in [4.78, 5) is 15.2. The Morgan fingerprint density at radius 2 is 2.03 bits per heavy atom. The van der Waals surface area contributed by atoms with Gasteiger partial charge in [-0.3, -0.25) is 14.3 Å². The minimum atomic E-state index is -0.0754. The first-order chi connectivity index (χ1) is 14.5. The van der Waals surface area contributed by atoms with E-state index in [-0.39, 0.29) is 5.91 Å². The highest BCUT2D eigenvalue weighted by Crippen LogP contribution is 2.30. The third-order valence-electron chi connectivity index (χ3n) is 6.05. The quantitative estimate of drug-likeness (QED) is 0.751. The summed E-state index contributed by atoms with van der Waals surface area (Å²) >= 11 is 0. The van der Waals surface area contributed by atoms with Gasteiger partial charge in [-0.15, -0.1) is 0 Å². The van der Waals surface area contributed by atoms with Gasteiger partial charge in [0.1, 0.15) is 11.9 Å². The molecule has 1 amide bonds. The van der Waals surface area contributed by atoms with Crippen molar-refractivity contribution < 1.29 is 9.53 Å². The van der Waals surface area contributed by atoms with Crippen LogP contribution in [-0.4, -0.2) is 48.7 Å². The molecule has 6 nitrogen and oxygen atoms in total. The second-order valence-corrected chi connectivity index (χ2v) is 8.14. The Morgan fingerprint density at radius 3 is 2.73 bits per heavy atom. The molecule has 0 spiro atoms. The van der Waals surface area contributed by atoms with Crippen LogP contribution in [0.25, 0.3) is 5.69 Å². The van der Waals surface area contributed by atoms with E-state index in [1.807, 2.05) is 48.7 Å². The number of aromatic nitrogens is 1. The fourth-order valence-corrected chi connectivity index (χ4v) is 4.32. The van der Waals surface area contributed by atoms with Gasteiger partial charge in [0.25, 0.3) is 0 Å². The lowest BCUT2D eigenvalue weighted by Crippen LogP contribution is -2.36. The van der Waals surface area contributed by atoms with E-state index in [0.717, 1.165) is 49.5 Å². The van der Waals surface area contributed by atoms with Crippen LogP contribution in [0.3, 0.4) is 0 Å². The van der Waals surface area contributed by atoms with Crippen molar-refractivity contribution in [2.75, 3.05) is 38.7 Å². The van der Waals surface area contributed by atoms with E-state index in [1.54, 1.807) is 7.11 Å². The van der Waals surface area contributed by atoms with Crippen LogP contribution in [0.2, 0.25) is 0 Å². The summed E-state index contributed by atoms with van der Waals surface area (Å²) in [5.41, 5.74) is 3.32. The Morgan fingerprint density at radius 1 is 1.27 bits per heavy atom. The minimum Gasteiger partial charge on any atom is -0.385 e. The van der Waals surface area contributed by atoms with Gasteiger partial charge < -0.3 is 10.1 Å². The van der Waals surface area contributed by atoms with Gasteiger partial charge in [-0.1, -0.05) is 24.6 Å². The van der Waals surface area contributed by atoms with Crippen LogP contribution >= 0.6 is 0 Å². The summed E-state index contributed by atoms with van der Waals surface area (Å²) in [6, 6.07) is 12.1. The normalized spacial score (nSPS) is 17.3. The summed E-state index contributed by atoms with van der Waals surface area (Å²) in [5.74, 6) is 1.05. The van der Waals surface area contributed by atoms with Crippen molar-refractivity contribution in [3.8, 4) is 11.8 Å². The average molecular weight is 409 g/mol. The van der Waals surface area contributed by atoms with Crippen LogP contribution in [0.5, 0.6) is 0 Å². The number of benzene rings is 1. The zero-order valence-electron chi connectivity index (χ0n) is 18.3. The molecule has 2 aromatic rings. The highest BCUT2D eigenvalue weighted by atomic mass is 16.5. The van der Waals surface area contributed by atoms with Gasteiger partial charge in [-0.25, -0.2) is 0 Å². The number of methoxy groups -OCH3 is 1. The van der Waals surface area contributed by atoms with Crippen LogP contribution in [-0.2, 0) is 9.53 Å². The molecule has 6 heteroatoms. The molecule has 1 N–H and O–H groups in total. The van der Waals surface area contributed by atoms with Gasteiger partial charge in [0, 0.05) is 31.6 Å². The summed E-state index contributed by atoms with van der Waals surface area (Å²) in [6.45, 7) is 6.86. The number of ether oxygens (including phenoxy) is 1. The number of nitrogens with zero attached hydrogens (tertiary/aromatic N) is 3. The Kier molecular flexibility index (Phi) is 7.67. The van der Waals surface area contributed by atoms with Crippen molar-refractivity contribution in [1.82, 2.24) is 9.47 Å². The number of amides is 1. The standard InChI is InChI=1S/C24H32N4O2/c1-18-19(2)28(21-10-5-4-6-11-21)24(22(18)15-25)26-23(29)17-27-13-8-7-9-20(16-27)12-14-30-3/h4-6,10-11,20H,7-9,12-14,16-17H2,1-3H3,(H,26,29). The first-order valence-electron chi connectivity index (χ1n) is 10.7. The van der Waals surface area contributed by atoms with E-state index in [4.69, 9.17) is 4.74 Å². The molecule has 1 aromatic carbocycles. The highest BCUT2D eigenvalue weighted by molar-refractivity contribution is 5.93. The first kappa shape index (κ1) is 22.1. The van der Waals surface area contributed by atoms with Gasteiger partial charge in [-0.2, -0.15) is 5.26 Å². The summed E-state index contributed by atoms with van der Waals surface area (Å²) in [7, 11) is 1.74. The second-order valence-electron chi connectivity index (χ2n) is 8.14. The van der Waals surface area contributed by atoms with Gasteiger partial charge in [0.15, 0.2) is 0 Å². The number of likely N-dealkylation sites (tertiary alicyclic amines) is 1. The number of para-hydroxylation sites is 1. The van der Waals surface area contributed by atoms with Gasteiger partial charge in [0.05, 0.1) is 12.1 Å². The van der Waals surface area contributed by atoms with E-state index < -0.39 is 0 Å². The fourth-order valence-electron chi connectivity index (χ4n) is 4.32. The van der Waals surface area contributed by atoms with E-state index in [1.165, 1.54) is 12.8 Å². The molecular weight excluding hydrogens is 376 g/mol. The van der Waals surface area contributed by atoms with Crippen LogP contribution < -0.4 is 5.32 Å². The molecule has 1 aliphatic rings. The summed E-state index contributed by atoms with van der Waals surface area (Å²) in [6.07, 6.45) is 4.52. The number of rotatable bonds is 7. The lowest BCUT2D eigenvalue weighted by atomic mass is 10.0. The Bertz CT molecular complexity index is 898. The molecule has 0 saturated carbocycles. The zero-order valence-corrected chi connectivity index (χ0v) is 18.3. The van der Waals surface area contributed by atoms with Gasteiger partial charge >= 0.3 is 0 Å². The number of anilines is 1. The zero-order chi connectivity index (χ0) is 21.5. The number of hydrogen-bond acceptors (Lipinski definition) is 4. The van der Waals surface area contributed by atoms with Crippen molar-refractivity contribution in [2.24, 2.45) is 5.92 Å². The third kappa shape index (κ3) is 5.10. The Labute approximate surface area is 179 Å². The first-order valence-corrected chi connectivity index (χ1v) is 10.7. The molecule has 30 heavy (non-hydrogen) atoms. The molecule has 1 aliphatic heterocycles. The van der Waals surface area contributed by atoms with Crippen molar-refractivity contribution in [1.29, 1.82) is 5.26 Å². The van der Waals surface area contributed by atoms with Gasteiger partial charge in [-0.05, 0) is 63.3 Å². The molecule has 1 atom stereocenters. The molecule has 0 aliphatic carbocycles. The van der Waals surface area contributed by atoms with E-state index in [2.05, 4.69) is 16.3 Å². The lowest BCUT2D eigenvalue weighted by molar-refractivity contribution is -0.117. The van der Waals surface area contributed by atoms with Gasteiger partial charge in [0.2, 0.25) is 5.91 Å². The Hall–Kier alpha value is -2.62. The topological polar surface area (TPSA) is 70.3 Å². The number of hydrogen-bond donors (Lipinski definition) is 1. The monoisotopic (exact) mass is 408 g/mol. The van der Waals surface area contributed by atoms with Crippen molar-refractivity contribution >= 4 is 11.7 Å². The van der Waals surface area contributed by atoms with Crippen LogP contribution in [0.15, 0.2) is 30.3 Å². The lowest BCUT2D eigenvalue weighted by Gasteiger charge is -2.24. The third-order valence-corrected chi connectivity index (χ3v) is 6.05. The predicted octanol–water partition coefficient (Wildman–Crippen LogP) is 4.04. The summed E-state index contributed by atoms with van der Waals surface area (Å²) < 4.78 is 7.21. The number of carbonyl (C=O) groups excluding carboxylic acids is 1. The molecule has 1 aromatic heterocycles. The maximum atomic E-state index is 13.0. The van der Waals surface area contributed by atoms with Crippen LogP contribution in [0, 0.1) is 31.1 Å². The maximum Gasteiger partial charge on any atom is 0.239 e. The largest absolute Gasteiger partial charge is 0.385 e. The number of nitrogens with one attached hydrogen (secondary N) is 1. The smallest absolute Gasteiger partial charge is 0.239 e. The van der Waals surface area contributed by atoms with Crippen LogP contribution in [0.1, 0.15) is 42.5 Å². The molecule has 2 heterocycles. The molecule has 1 unspecified atom stereocenters. The maximum absolute atomic E-state index is 13.0. The van der Waals surface area contributed by atoms with Crippen molar-refractivity contribution in [3.05, 3.63) is 47.2 Å². The van der Waals surface area contributed by atoms with E-state index >= 15 is 0 Å². The average Bonchev–Trinajstić information content (AvgIpc) is 2.88. The fraction of sp³-hybridized carbons (Fsp3) is 0.500. The van der Waals surface area contributed by atoms with E-state index in [9.17, 15) is 10.1 Å². The molecule has 160 valence electrons. The molecule has 0 radical (unpaired) electrons. The molecule has 3 rings (SSSR count). The molecular formula is C24H32N4O2. The molecule has 1 saturated heterocycles. The second kappa shape index (κ2) is 10.4. The number of nitriles is 1. The SMILES string of the molecule is COCCC1CCCCN(CC(=O)Nc2c(C#N)c(C)c(C)n2-c2ccccc2)C1. The molecule has 1 fully saturated rings. The van der Waals surface area contributed by atoms with Crippen molar-refractivity contribution in [2.45, 2.75) is 39.5 Å². The minimum absolute atomic E-state index is 0.0754. The Balaban J connectivity index is 1.78.